The highest BCUT2D eigenvalue weighted by Crippen LogP contribution is 2.46. The lowest BCUT2D eigenvalue weighted by Crippen LogP contribution is -2.67. The van der Waals surface area contributed by atoms with Crippen molar-refractivity contribution in [3.05, 3.63) is 90.0 Å². The van der Waals surface area contributed by atoms with Gasteiger partial charge in [0, 0.05) is 31.9 Å². The number of fused-ring (bicyclic) bond motifs is 4. The minimum absolute atomic E-state index is 0.0335. The lowest BCUT2D eigenvalue weighted by molar-refractivity contribution is 0.0670. The van der Waals surface area contributed by atoms with Crippen LogP contribution in [-0.2, 0) is 4.43 Å². The standard InChI is InChI=1S/C40H46ClFN6O4Si/c1-26-19-40(18-17-29(47(40)21-26)24-52-53(39(2,3)4,30-11-7-5-8-12-30)31-13-9-6-10-14-31)25-51-37-44-34-32(20-43-35(41)33(34)42)36(45-37)46-22-27-15-16-28(23-46)48(27)38(49)50/h5-14,20,27-29H,1,15-19,21-25H2,2-4H3,(H,49,50)/t27?,28?,29-,40-/m0/s1. The van der Waals surface area contributed by atoms with Gasteiger partial charge in [-0.25, -0.2) is 14.2 Å². The quantitative estimate of drug-likeness (QED) is 0.120. The molecule has 1 amide bonds. The predicted octanol–water partition coefficient (Wildman–Crippen LogP) is 6.27. The van der Waals surface area contributed by atoms with E-state index in [-0.39, 0.29) is 45.4 Å². The molecule has 4 aliphatic rings. The molecule has 2 aromatic heterocycles. The molecular formula is C40H46ClFN6O4Si. The summed E-state index contributed by atoms with van der Waals surface area (Å²) in [6.07, 6.45) is 4.69. The Morgan fingerprint density at radius 2 is 1.68 bits per heavy atom. The van der Waals surface area contributed by atoms with Crippen LogP contribution in [0.1, 0.15) is 52.9 Å². The van der Waals surface area contributed by atoms with E-state index < -0.39 is 20.2 Å². The topological polar surface area (TPSA) is 104 Å². The number of pyridine rings is 1. The number of halogens is 2. The monoisotopic (exact) mass is 756 g/mol. The minimum Gasteiger partial charge on any atom is -0.465 e. The van der Waals surface area contributed by atoms with Crippen LogP contribution in [-0.4, -0.2) is 101 Å². The Labute approximate surface area is 315 Å². The molecule has 4 saturated heterocycles. The number of aromatic nitrogens is 3. The van der Waals surface area contributed by atoms with Gasteiger partial charge in [0.15, 0.2) is 11.0 Å². The number of hydrogen-bond acceptors (Lipinski definition) is 8. The van der Waals surface area contributed by atoms with Crippen LogP contribution in [0.3, 0.4) is 0 Å². The molecule has 2 aromatic carbocycles. The average molecular weight is 757 g/mol. The van der Waals surface area contributed by atoms with Crippen LogP contribution < -0.4 is 20.0 Å². The van der Waals surface area contributed by atoms with E-state index in [0.717, 1.165) is 44.2 Å². The summed E-state index contributed by atoms with van der Waals surface area (Å²) in [5.41, 5.74) is 0.834. The van der Waals surface area contributed by atoms with Crippen LogP contribution in [0.25, 0.3) is 10.9 Å². The number of amides is 1. The van der Waals surface area contributed by atoms with Crippen LogP contribution in [0.5, 0.6) is 6.01 Å². The lowest BCUT2D eigenvalue weighted by atomic mass is 9.94. The zero-order valence-electron chi connectivity index (χ0n) is 30.5. The molecular weight excluding hydrogens is 711 g/mol. The van der Waals surface area contributed by atoms with Crippen molar-refractivity contribution in [2.75, 3.05) is 37.7 Å². The molecule has 6 heterocycles. The van der Waals surface area contributed by atoms with Crippen molar-refractivity contribution in [2.45, 2.75) is 81.6 Å². The predicted molar refractivity (Wildman–Crippen MR) is 206 cm³/mol. The molecule has 4 atom stereocenters. The second-order valence-corrected chi connectivity index (χ2v) is 20.8. The Balaban J connectivity index is 1.07. The van der Waals surface area contributed by atoms with Gasteiger partial charge in [-0.15, -0.1) is 0 Å². The summed E-state index contributed by atoms with van der Waals surface area (Å²) in [5, 5.41) is 12.3. The summed E-state index contributed by atoms with van der Waals surface area (Å²) in [6, 6.07) is 21.3. The van der Waals surface area contributed by atoms with E-state index in [9.17, 15) is 9.90 Å². The van der Waals surface area contributed by atoms with E-state index in [1.165, 1.54) is 16.6 Å². The highest BCUT2D eigenvalue weighted by atomic mass is 35.5. The van der Waals surface area contributed by atoms with Gasteiger partial charge in [0.1, 0.15) is 17.9 Å². The fourth-order valence-electron chi connectivity index (χ4n) is 9.63. The van der Waals surface area contributed by atoms with Gasteiger partial charge >= 0.3 is 12.1 Å². The molecule has 278 valence electrons. The number of anilines is 1. The van der Waals surface area contributed by atoms with Crippen molar-refractivity contribution in [1.82, 2.24) is 24.8 Å². The normalized spacial score (nSPS) is 24.6. The maximum absolute atomic E-state index is 15.6. The number of hydrogen-bond donors (Lipinski definition) is 1. The van der Waals surface area contributed by atoms with E-state index in [0.29, 0.717) is 37.5 Å². The number of piperazine rings is 1. The highest BCUT2D eigenvalue weighted by Gasteiger charge is 2.54. The maximum atomic E-state index is 15.6. The van der Waals surface area contributed by atoms with Gasteiger partial charge in [0.05, 0.1) is 29.6 Å². The summed E-state index contributed by atoms with van der Waals surface area (Å²) in [7, 11) is -2.74. The molecule has 13 heteroatoms. The van der Waals surface area contributed by atoms with Crippen molar-refractivity contribution in [2.24, 2.45) is 0 Å². The summed E-state index contributed by atoms with van der Waals surface area (Å²) in [5.74, 6) is -0.261. The van der Waals surface area contributed by atoms with Gasteiger partial charge in [-0.2, -0.15) is 9.97 Å². The molecule has 0 aliphatic carbocycles. The Morgan fingerprint density at radius 1 is 1.04 bits per heavy atom. The SMILES string of the molecule is C=C1CN2[C@H](CO[Si](c3ccccc3)(c3ccccc3)C(C)(C)C)CC[C@@]2(COc2nc(N3CC4CCC(C3)N4C(=O)O)c3cnc(Cl)c(F)c3n2)C1. The van der Waals surface area contributed by atoms with Crippen LogP contribution in [0.2, 0.25) is 10.2 Å². The minimum atomic E-state index is -2.74. The number of benzene rings is 2. The van der Waals surface area contributed by atoms with E-state index in [1.54, 1.807) is 4.90 Å². The van der Waals surface area contributed by atoms with Gasteiger partial charge in [-0.05, 0) is 47.5 Å². The Bertz CT molecular complexity index is 1980. The Kier molecular flexibility index (Phi) is 9.24. The van der Waals surface area contributed by atoms with E-state index in [4.69, 9.17) is 25.7 Å². The number of ether oxygens (including phenoxy) is 1. The zero-order valence-corrected chi connectivity index (χ0v) is 32.2. The lowest BCUT2D eigenvalue weighted by Gasteiger charge is -2.44. The largest absolute Gasteiger partial charge is 0.465 e. The second-order valence-electron chi connectivity index (χ2n) is 16.2. The first-order valence-corrected chi connectivity index (χ1v) is 20.8. The third kappa shape index (κ3) is 6.17. The van der Waals surface area contributed by atoms with E-state index >= 15 is 4.39 Å². The number of nitrogens with zero attached hydrogens (tertiary/aromatic N) is 6. The van der Waals surface area contributed by atoms with Gasteiger partial charge in [-0.1, -0.05) is 105 Å². The molecule has 2 unspecified atom stereocenters. The third-order valence-corrected chi connectivity index (χ3v) is 17.2. The fourth-order valence-corrected chi connectivity index (χ4v) is 14.4. The first-order valence-electron chi connectivity index (χ1n) is 18.5. The molecule has 1 N–H and O–H groups in total. The van der Waals surface area contributed by atoms with Gasteiger partial charge in [-0.3, -0.25) is 9.80 Å². The maximum Gasteiger partial charge on any atom is 0.407 e. The van der Waals surface area contributed by atoms with Crippen molar-refractivity contribution < 1.29 is 23.5 Å². The molecule has 4 aromatic rings. The molecule has 53 heavy (non-hydrogen) atoms. The van der Waals surface area contributed by atoms with Gasteiger partial charge in [0.25, 0.3) is 8.32 Å². The molecule has 2 bridgehead atoms. The Hall–Kier alpha value is -4.10. The van der Waals surface area contributed by atoms with Crippen LogP contribution in [0.15, 0.2) is 79.0 Å². The first kappa shape index (κ1) is 35.9. The van der Waals surface area contributed by atoms with Gasteiger partial charge < -0.3 is 19.2 Å². The highest BCUT2D eigenvalue weighted by molar-refractivity contribution is 6.99. The number of rotatable bonds is 9. The number of carbonyl (C=O) groups is 1. The number of carboxylic acid groups (broad SMARTS) is 1. The van der Waals surface area contributed by atoms with Crippen LogP contribution >= 0.6 is 11.6 Å². The molecule has 4 aliphatic heterocycles. The van der Waals surface area contributed by atoms with Crippen molar-refractivity contribution in [3.8, 4) is 6.01 Å². The van der Waals surface area contributed by atoms with Crippen molar-refractivity contribution in [1.29, 1.82) is 0 Å². The van der Waals surface area contributed by atoms with E-state index in [2.05, 4.69) is 103 Å². The molecule has 8 rings (SSSR count). The fraction of sp³-hybridized carbons (Fsp3) is 0.450. The van der Waals surface area contributed by atoms with Crippen molar-refractivity contribution >= 4 is 53.1 Å². The van der Waals surface area contributed by atoms with Crippen LogP contribution in [0, 0.1) is 5.82 Å². The molecule has 10 nitrogen and oxygen atoms in total. The molecule has 0 saturated carbocycles. The molecule has 0 spiro atoms. The smallest absolute Gasteiger partial charge is 0.407 e. The van der Waals surface area contributed by atoms with Gasteiger partial charge in [0.2, 0.25) is 0 Å². The summed E-state index contributed by atoms with van der Waals surface area (Å²) >= 11 is 6.14. The molecule has 4 fully saturated rings. The Morgan fingerprint density at radius 3 is 2.28 bits per heavy atom. The average Bonchev–Trinajstić information content (AvgIpc) is 3.74. The van der Waals surface area contributed by atoms with E-state index in [1.807, 2.05) is 4.90 Å². The zero-order chi connectivity index (χ0) is 37.1. The van der Waals surface area contributed by atoms with Crippen molar-refractivity contribution in [3.63, 3.8) is 0 Å². The summed E-state index contributed by atoms with van der Waals surface area (Å²) in [4.78, 5) is 31.5. The first-order chi connectivity index (χ1) is 25.4. The third-order valence-electron chi connectivity index (χ3n) is 11.9. The molecule has 0 radical (unpaired) electrons. The van der Waals surface area contributed by atoms with Crippen LogP contribution in [0.4, 0.5) is 15.0 Å². The summed E-state index contributed by atoms with van der Waals surface area (Å²) in [6.45, 7) is 13.8. The second kappa shape index (κ2) is 13.6. The summed E-state index contributed by atoms with van der Waals surface area (Å²) < 4.78 is 29.4.